The van der Waals surface area contributed by atoms with Gasteiger partial charge in [0.05, 0.1) is 22.4 Å². The molecule has 2 aliphatic heterocycles. The van der Waals surface area contributed by atoms with E-state index >= 15 is 0 Å². The molecule has 33 heavy (non-hydrogen) atoms. The Morgan fingerprint density at radius 2 is 1.97 bits per heavy atom. The smallest absolute Gasteiger partial charge is 0.369 e. The van der Waals surface area contributed by atoms with E-state index < -0.39 is 18.0 Å². The van der Waals surface area contributed by atoms with Crippen molar-refractivity contribution in [1.29, 1.82) is 0 Å². The van der Waals surface area contributed by atoms with Gasteiger partial charge in [0.1, 0.15) is 0 Å². The van der Waals surface area contributed by atoms with E-state index in [9.17, 15) is 23.1 Å². The lowest BCUT2D eigenvalue weighted by Crippen LogP contribution is -2.50. The van der Waals surface area contributed by atoms with Gasteiger partial charge >= 0.3 is 6.18 Å². The van der Waals surface area contributed by atoms with Crippen LogP contribution in [-0.2, 0) is 11.3 Å². The van der Waals surface area contributed by atoms with Crippen molar-refractivity contribution in [2.45, 2.75) is 51.2 Å². The van der Waals surface area contributed by atoms with E-state index in [0.29, 0.717) is 24.2 Å². The highest BCUT2D eigenvalue weighted by molar-refractivity contribution is 5.84. The van der Waals surface area contributed by atoms with Gasteiger partial charge in [-0.1, -0.05) is 0 Å². The molecular weight excluding hydrogens is 435 g/mol. The number of amides is 1. The van der Waals surface area contributed by atoms with Crippen molar-refractivity contribution in [2.24, 2.45) is 11.3 Å². The number of aliphatic hydroxyl groups is 1. The summed E-state index contributed by atoms with van der Waals surface area (Å²) in [7, 11) is 1.72. The molecule has 1 aromatic rings. The number of allylic oxidation sites excluding steroid dienone is 1. The molecule has 6 rings (SSSR count). The summed E-state index contributed by atoms with van der Waals surface area (Å²) in [5.74, 6) is 0.806. The van der Waals surface area contributed by atoms with E-state index in [1.54, 1.807) is 19.3 Å². The number of hydrogen-bond donors (Lipinski definition) is 3. The Morgan fingerprint density at radius 1 is 1.27 bits per heavy atom. The molecule has 3 aliphatic carbocycles. The van der Waals surface area contributed by atoms with Crippen LogP contribution in [0, 0.1) is 11.3 Å². The fraction of sp³-hybridized carbons (Fsp3) is 0.652. The van der Waals surface area contributed by atoms with Gasteiger partial charge in [-0.25, -0.2) is 0 Å². The third-order valence-corrected chi connectivity index (χ3v) is 8.02. The normalized spacial score (nSPS) is 32.2. The number of alkyl halides is 3. The number of carbonyl (C=O) groups excluding carboxylic acids is 1. The Morgan fingerprint density at radius 3 is 2.61 bits per heavy atom. The highest BCUT2D eigenvalue weighted by Crippen LogP contribution is 2.60. The summed E-state index contributed by atoms with van der Waals surface area (Å²) < 4.78 is 39.8. The maximum Gasteiger partial charge on any atom is 0.417 e. The quantitative estimate of drug-likeness (QED) is 0.633. The number of piperazine rings is 1. The first-order valence-electron chi connectivity index (χ1n) is 11.5. The van der Waals surface area contributed by atoms with Crippen LogP contribution in [-0.4, -0.2) is 77.5 Å². The zero-order valence-electron chi connectivity index (χ0n) is 18.9. The van der Waals surface area contributed by atoms with E-state index in [-0.39, 0.29) is 22.6 Å². The van der Waals surface area contributed by atoms with Crippen LogP contribution in [0.25, 0.3) is 5.57 Å². The minimum atomic E-state index is -4.62. The third-order valence-electron chi connectivity index (χ3n) is 8.02. The van der Waals surface area contributed by atoms with Crippen LogP contribution in [0.5, 0.6) is 0 Å². The lowest BCUT2D eigenvalue weighted by molar-refractivity contribution is -0.134. The zero-order valence-corrected chi connectivity index (χ0v) is 18.9. The van der Waals surface area contributed by atoms with E-state index in [2.05, 4.69) is 25.4 Å². The maximum atomic E-state index is 13.3. The molecule has 2 bridgehead atoms. The van der Waals surface area contributed by atoms with Gasteiger partial charge in [0, 0.05) is 52.0 Å². The number of fused-ring (bicyclic) bond motifs is 2. The molecule has 1 saturated heterocycles. The Balaban J connectivity index is 1.20. The predicted octanol–water partition coefficient (Wildman–Crippen LogP) is 2.19. The summed E-state index contributed by atoms with van der Waals surface area (Å²) in [4.78, 5) is 21.4. The summed E-state index contributed by atoms with van der Waals surface area (Å²) in [6.45, 7) is 5.66. The van der Waals surface area contributed by atoms with Gasteiger partial charge in [-0.2, -0.15) is 13.2 Å². The molecule has 7 nitrogen and oxygen atoms in total. The largest absolute Gasteiger partial charge is 0.417 e. The van der Waals surface area contributed by atoms with E-state index in [4.69, 9.17) is 0 Å². The average Bonchev–Trinajstić information content (AvgIpc) is 3.30. The van der Waals surface area contributed by atoms with Crippen molar-refractivity contribution < 1.29 is 23.1 Å². The lowest BCUT2D eigenvalue weighted by atomic mass is 9.69. The number of nitrogens with zero attached hydrogens (tertiary/aromatic N) is 3. The molecule has 1 amide bonds. The van der Waals surface area contributed by atoms with Crippen LogP contribution in [0.4, 0.5) is 18.9 Å². The first-order chi connectivity index (χ1) is 15.6. The van der Waals surface area contributed by atoms with Gasteiger partial charge in [-0.05, 0) is 49.3 Å². The van der Waals surface area contributed by atoms with Crippen molar-refractivity contribution >= 4 is 17.2 Å². The molecule has 180 valence electrons. The third kappa shape index (κ3) is 3.81. The fourth-order valence-electron chi connectivity index (χ4n) is 6.35. The Bertz CT molecular complexity index is 981. The second-order valence-corrected chi connectivity index (χ2v) is 9.93. The number of nitrogens with one attached hydrogen (secondary N) is 2. The molecule has 0 aromatic carbocycles. The fourth-order valence-corrected chi connectivity index (χ4v) is 6.35. The molecule has 3 saturated carbocycles. The van der Waals surface area contributed by atoms with Crippen molar-refractivity contribution in [1.82, 2.24) is 20.1 Å². The van der Waals surface area contributed by atoms with Gasteiger partial charge in [-0.15, -0.1) is 0 Å². The van der Waals surface area contributed by atoms with Crippen molar-refractivity contribution in [2.75, 3.05) is 38.5 Å². The minimum Gasteiger partial charge on any atom is -0.369 e. The molecular formula is C23H30F3N5O2. The zero-order chi connectivity index (χ0) is 23.5. The maximum absolute atomic E-state index is 13.3. The van der Waals surface area contributed by atoms with Crippen LogP contribution >= 0.6 is 0 Å². The molecule has 0 radical (unpaired) electrons. The lowest BCUT2D eigenvalue weighted by Gasteiger charge is -2.40. The number of pyridine rings is 1. The summed E-state index contributed by atoms with van der Waals surface area (Å²) in [5.41, 5.74) is 0.363. The summed E-state index contributed by atoms with van der Waals surface area (Å²) in [5, 5.41) is 15.4. The van der Waals surface area contributed by atoms with E-state index in [1.807, 2.05) is 0 Å². The molecule has 3 N–H and O–H groups in total. The number of hydrogen-bond acceptors (Lipinski definition) is 6. The van der Waals surface area contributed by atoms with Gasteiger partial charge in [0.15, 0.2) is 6.23 Å². The average molecular weight is 466 g/mol. The van der Waals surface area contributed by atoms with Gasteiger partial charge in [0.25, 0.3) is 0 Å². The van der Waals surface area contributed by atoms with Crippen LogP contribution in [0.3, 0.4) is 0 Å². The number of aromatic nitrogens is 1. The SMILES string of the molecule is CNC(=O)C12CC(C1)C(N1CCN(Cc3cnc4c(c3)NC(O)C(C(F)(F)F)=C4C)CC1)C2. The van der Waals surface area contributed by atoms with E-state index in [1.165, 1.54) is 6.92 Å². The van der Waals surface area contributed by atoms with Crippen LogP contribution < -0.4 is 10.6 Å². The Kier molecular flexibility index (Phi) is 5.45. The van der Waals surface area contributed by atoms with E-state index in [0.717, 1.165) is 51.0 Å². The first kappa shape index (κ1) is 22.6. The Hall–Kier alpha value is -2.17. The standard InChI is InChI=1S/C23H30F3N5O2/c1-13-18(23(24,25)26)20(32)29-16-7-14(11-28-19(13)16)12-30-3-5-31(6-4-30)17-10-22(21(33)27-2)8-15(17)9-22/h7,11,15,17,20,29,32H,3-6,8-10,12H2,1-2H3,(H,27,33). The number of rotatable bonds is 4. The summed E-state index contributed by atoms with van der Waals surface area (Å²) in [6, 6.07) is 2.27. The number of carbonyl (C=O) groups is 1. The molecule has 4 fully saturated rings. The predicted molar refractivity (Wildman–Crippen MR) is 117 cm³/mol. The highest BCUT2D eigenvalue weighted by atomic mass is 19.4. The first-order valence-corrected chi connectivity index (χ1v) is 11.5. The monoisotopic (exact) mass is 465 g/mol. The second kappa shape index (κ2) is 7.95. The van der Waals surface area contributed by atoms with Crippen LogP contribution in [0.1, 0.15) is 37.4 Å². The minimum absolute atomic E-state index is 0.0478. The van der Waals surface area contributed by atoms with Gasteiger partial charge in [0.2, 0.25) is 5.91 Å². The van der Waals surface area contributed by atoms with Crippen molar-refractivity contribution in [3.05, 3.63) is 29.1 Å². The number of halogens is 3. The van der Waals surface area contributed by atoms with Gasteiger partial charge < -0.3 is 15.7 Å². The van der Waals surface area contributed by atoms with Crippen molar-refractivity contribution in [3.8, 4) is 0 Å². The van der Waals surface area contributed by atoms with Crippen molar-refractivity contribution in [3.63, 3.8) is 0 Å². The summed E-state index contributed by atoms with van der Waals surface area (Å²) in [6.07, 6.45) is -1.84. The molecule has 5 aliphatic rings. The second-order valence-electron chi connectivity index (χ2n) is 9.93. The molecule has 0 spiro atoms. The van der Waals surface area contributed by atoms with Crippen LogP contribution in [0.2, 0.25) is 0 Å². The van der Waals surface area contributed by atoms with Gasteiger partial charge in [-0.3, -0.25) is 19.6 Å². The molecule has 2 unspecified atom stereocenters. The molecule has 10 heteroatoms. The number of anilines is 1. The Labute approximate surface area is 191 Å². The van der Waals surface area contributed by atoms with Crippen LogP contribution in [0.15, 0.2) is 17.8 Å². The summed E-state index contributed by atoms with van der Waals surface area (Å²) >= 11 is 0. The molecule has 3 heterocycles. The molecule has 1 aromatic heterocycles. The highest BCUT2D eigenvalue weighted by Gasteiger charge is 2.61. The molecule has 2 atom stereocenters. The number of aliphatic hydroxyl groups excluding tert-OH is 1. The topological polar surface area (TPSA) is 80.7 Å².